The Hall–Kier alpha value is -3.26. The molecule has 2 amide bonds. The number of hydrogen-bond donors (Lipinski definition) is 0. The Balaban J connectivity index is 1.11. The summed E-state index contributed by atoms with van der Waals surface area (Å²) in [5.74, 6) is 3.35. The highest BCUT2D eigenvalue weighted by molar-refractivity contribution is 8.18. The van der Waals surface area contributed by atoms with E-state index in [0.29, 0.717) is 45.6 Å². The molecule has 2 aromatic carbocycles. The van der Waals surface area contributed by atoms with Gasteiger partial charge in [-0.1, -0.05) is 32.0 Å². The first-order valence-corrected chi connectivity index (χ1v) is 15.8. The van der Waals surface area contributed by atoms with Gasteiger partial charge in [-0.2, -0.15) is 0 Å². The number of carbonyl (C=O) groups excluding carboxylic acids is 3. The quantitative estimate of drug-likeness (QED) is 0.172. The fourth-order valence-electron chi connectivity index (χ4n) is 7.76. The van der Waals surface area contributed by atoms with E-state index in [2.05, 4.69) is 26.0 Å². The molecule has 7 rings (SSSR count). The van der Waals surface area contributed by atoms with Crippen LogP contribution in [0.15, 0.2) is 41.3 Å². The van der Waals surface area contributed by atoms with Gasteiger partial charge in [0.2, 0.25) is 0 Å². The highest BCUT2D eigenvalue weighted by Gasteiger charge is 2.55. The van der Waals surface area contributed by atoms with Gasteiger partial charge in [-0.3, -0.25) is 19.3 Å². The summed E-state index contributed by atoms with van der Waals surface area (Å²) in [5.41, 5.74) is 2.50. The number of thioether (sulfide) groups is 1. The van der Waals surface area contributed by atoms with Crippen molar-refractivity contribution in [2.45, 2.75) is 65.2 Å². The van der Waals surface area contributed by atoms with Crippen molar-refractivity contribution in [1.82, 2.24) is 4.90 Å². The Labute approximate surface area is 252 Å². The van der Waals surface area contributed by atoms with E-state index >= 15 is 0 Å². The predicted octanol–water partition coefficient (Wildman–Crippen LogP) is 7.36. The summed E-state index contributed by atoms with van der Waals surface area (Å²) in [6.07, 6.45) is 8.25. The molecule has 4 aliphatic carbocycles. The van der Waals surface area contributed by atoms with Gasteiger partial charge < -0.3 is 14.2 Å². The number of hydrogen-bond acceptors (Lipinski definition) is 7. The Morgan fingerprint density at radius 1 is 1.00 bits per heavy atom. The van der Waals surface area contributed by atoms with E-state index in [0.717, 1.165) is 47.9 Å². The molecule has 0 aromatic heterocycles. The van der Waals surface area contributed by atoms with E-state index in [1.807, 2.05) is 13.0 Å². The van der Waals surface area contributed by atoms with Crippen LogP contribution in [0.5, 0.6) is 17.2 Å². The van der Waals surface area contributed by atoms with Crippen LogP contribution in [0, 0.1) is 30.1 Å². The average Bonchev–Trinajstić information content (AvgIpc) is 3.20. The van der Waals surface area contributed by atoms with Crippen LogP contribution in [-0.2, 0) is 9.59 Å². The molecule has 1 saturated heterocycles. The number of rotatable bonds is 9. The van der Waals surface area contributed by atoms with Gasteiger partial charge in [0.25, 0.3) is 11.1 Å². The van der Waals surface area contributed by atoms with Gasteiger partial charge >= 0.3 is 5.97 Å². The number of amides is 2. The van der Waals surface area contributed by atoms with Crippen LogP contribution >= 0.6 is 11.8 Å². The van der Waals surface area contributed by atoms with Gasteiger partial charge in [0.1, 0.15) is 12.4 Å². The highest BCUT2D eigenvalue weighted by atomic mass is 32.2. The first kappa shape index (κ1) is 28.8. The summed E-state index contributed by atoms with van der Waals surface area (Å²) in [4.78, 5) is 40.9. The lowest BCUT2D eigenvalue weighted by molar-refractivity contribution is -0.161. The molecule has 42 heavy (non-hydrogen) atoms. The summed E-state index contributed by atoms with van der Waals surface area (Å²) in [7, 11) is 1.54. The third-order valence-electron chi connectivity index (χ3n) is 9.40. The molecule has 5 fully saturated rings. The van der Waals surface area contributed by atoms with E-state index in [9.17, 15) is 14.4 Å². The van der Waals surface area contributed by atoms with Crippen molar-refractivity contribution in [3.63, 3.8) is 0 Å². The number of nitrogens with zero attached hydrogens (tertiary/aromatic N) is 1. The van der Waals surface area contributed by atoms with E-state index < -0.39 is 0 Å². The van der Waals surface area contributed by atoms with E-state index in [1.54, 1.807) is 24.3 Å². The van der Waals surface area contributed by atoms with Crippen molar-refractivity contribution in [2.24, 2.45) is 23.2 Å². The van der Waals surface area contributed by atoms with E-state index in [4.69, 9.17) is 14.2 Å². The largest absolute Gasteiger partial charge is 0.493 e. The SMILES string of the molecule is COc1cc(/C=C2\SC(=O)N(CCOc3cc(C)ccc3C(C)C)C2=O)ccc1OC(=O)C12CC3CC(CC(C3)C1)C2. The average molecular weight is 590 g/mol. The maximum absolute atomic E-state index is 13.5. The molecular formula is C34H39NO6S. The van der Waals surface area contributed by atoms with Crippen LogP contribution < -0.4 is 14.2 Å². The van der Waals surface area contributed by atoms with Crippen LogP contribution in [0.4, 0.5) is 4.79 Å². The molecule has 0 radical (unpaired) electrons. The zero-order valence-corrected chi connectivity index (χ0v) is 25.6. The molecule has 222 valence electrons. The zero-order chi connectivity index (χ0) is 29.6. The monoisotopic (exact) mass is 589 g/mol. The Morgan fingerprint density at radius 2 is 1.69 bits per heavy atom. The first-order chi connectivity index (χ1) is 20.1. The molecule has 0 atom stereocenters. The molecular weight excluding hydrogens is 550 g/mol. The summed E-state index contributed by atoms with van der Waals surface area (Å²) >= 11 is 0.911. The molecule has 1 heterocycles. The van der Waals surface area contributed by atoms with Crippen molar-refractivity contribution in [3.8, 4) is 17.2 Å². The lowest BCUT2D eigenvalue weighted by Gasteiger charge is -2.55. The van der Waals surface area contributed by atoms with Gasteiger partial charge in [0.05, 0.1) is 24.0 Å². The Kier molecular flexibility index (Phi) is 7.85. The van der Waals surface area contributed by atoms with Crippen molar-refractivity contribution < 1.29 is 28.6 Å². The summed E-state index contributed by atoms with van der Waals surface area (Å²) in [6.45, 7) is 6.59. The second-order valence-corrected chi connectivity index (χ2v) is 13.9. The fourth-order valence-corrected chi connectivity index (χ4v) is 8.63. The van der Waals surface area contributed by atoms with Crippen molar-refractivity contribution >= 4 is 35.0 Å². The number of benzene rings is 2. The van der Waals surface area contributed by atoms with Gasteiger partial charge in [-0.25, -0.2) is 0 Å². The molecule has 2 aromatic rings. The third kappa shape index (κ3) is 5.58. The lowest BCUT2D eigenvalue weighted by Crippen LogP contribution is -2.51. The summed E-state index contributed by atoms with van der Waals surface area (Å²) < 4.78 is 17.6. The van der Waals surface area contributed by atoms with Gasteiger partial charge in [-0.15, -0.1) is 0 Å². The second kappa shape index (κ2) is 11.4. The molecule has 5 aliphatic rings. The maximum atomic E-state index is 13.5. The number of methoxy groups -OCH3 is 1. The van der Waals surface area contributed by atoms with Crippen LogP contribution in [0.1, 0.15) is 75.0 Å². The van der Waals surface area contributed by atoms with Crippen molar-refractivity contribution in [2.75, 3.05) is 20.3 Å². The fraction of sp³-hybridized carbons (Fsp3) is 0.500. The molecule has 1 aliphatic heterocycles. The highest BCUT2D eigenvalue weighted by Crippen LogP contribution is 2.60. The summed E-state index contributed by atoms with van der Waals surface area (Å²) in [5, 5.41) is -0.323. The van der Waals surface area contributed by atoms with Crippen molar-refractivity contribution in [1.29, 1.82) is 0 Å². The number of aryl methyl sites for hydroxylation is 1. The molecule has 0 unspecified atom stereocenters. The molecule has 0 N–H and O–H groups in total. The van der Waals surface area contributed by atoms with Crippen LogP contribution in [0.25, 0.3) is 6.08 Å². The topological polar surface area (TPSA) is 82.1 Å². The molecule has 8 heteroatoms. The van der Waals surface area contributed by atoms with Crippen LogP contribution in [-0.4, -0.2) is 42.3 Å². The minimum atomic E-state index is -0.365. The third-order valence-corrected chi connectivity index (χ3v) is 10.3. The minimum absolute atomic E-state index is 0.137. The number of carbonyl (C=O) groups is 3. The van der Waals surface area contributed by atoms with Crippen LogP contribution in [0.2, 0.25) is 0 Å². The predicted molar refractivity (Wildman–Crippen MR) is 163 cm³/mol. The maximum Gasteiger partial charge on any atom is 0.317 e. The van der Waals surface area contributed by atoms with Gasteiger partial charge in [0.15, 0.2) is 11.5 Å². The number of esters is 1. The van der Waals surface area contributed by atoms with Gasteiger partial charge in [-0.05, 0) is 122 Å². The van der Waals surface area contributed by atoms with Crippen molar-refractivity contribution in [3.05, 3.63) is 58.0 Å². The normalized spacial score (nSPS) is 27.3. The standard InChI is InChI=1S/C34H39NO6S/c1-20(2)26-7-5-21(3)11-28(26)40-10-9-35-31(36)30(42-33(35)38)16-22-6-8-27(29(15-22)39-4)41-32(37)34-17-23-12-24(18-34)14-25(13-23)19-34/h5-8,11,15-16,20,23-25H,9-10,12-14,17-19H2,1-4H3/b30-16-. The smallest absolute Gasteiger partial charge is 0.317 e. The van der Waals surface area contributed by atoms with Crippen LogP contribution in [0.3, 0.4) is 0 Å². The molecule has 4 bridgehead atoms. The Morgan fingerprint density at radius 3 is 2.33 bits per heavy atom. The lowest BCUT2D eigenvalue weighted by atomic mass is 9.49. The zero-order valence-electron chi connectivity index (χ0n) is 24.8. The first-order valence-electron chi connectivity index (χ1n) is 15.0. The van der Waals surface area contributed by atoms with E-state index in [-0.39, 0.29) is 35.7 Å². The molecule has 4 saturated carbocycles. The molecule has 0 spiro atoms. The number of ether oxygens (including phenoxy) is 3. The summed E-state index contributed by atoms with van der Waals surface area (Å²) in [6, 6.07) is 11.3. The molecule has 7 nitrogen and oxygen atoms in total. The van der Waals surface area contributed by atoms with Gasteiger partial charge in [0, 0.05) is 0 Å². The van der Waals surface area contributed by atoms with E-state index in [1.165, 1.54) is 31.3 Å². The number of imide groups is 1. The second-order valence-electron chi connectivity index (χ2n) is 12.9. The minimum Gasteiger partial charge on any atom is -0.493 e. The Bertz CT molecular complexity index is 1410.